The SMILES string of the molecule is CC(C)Cc1ccc(C(C)C(=O)NC(Cc2ccccc2)C(=O)Nc2ccc(O)cc2)cc1. The van der Waals surface area contributed by atoms with E-state index < -0.39 is 12.0 Å². The molecule has 172 valence electrons. The first-order chi connectivity index (χ1) is 15.8. The summed E-state index contributed by atoms with van der Waals surface area (Å²) in [4.78, 5) is 26.1. The van der Waals surface area contributed by atoms with Crippen molar-refractivity contribution in [3.8, 4) is 5.75 Å². The maximum atomic E-state index is 13.1. The van der Waals surface area contributed by atoms with Gasteiger partial charge >= 0.3 is 0 Å². The quantitative estimate of drug-likeness (QED) is 0.404. The van der Waals surface area contributed by atoms with E-state index in [1.54, 1.807) is 12.1 Å². The standard InChI is InChI=1S/C28H32N2O3/c1-19(2)17-22-9-11-23(12-10-22)20(3)27(32)30-26(18-21-7-5-4-6-8-21)28(33)29-24-13-15-25(31)16-14-24/h4-16,19-20,26,31H,17-18H2,1-3H3,(H,29,33)(H,30,32). The number of carbonyl (C=O) groups is 2. The molecule has 0 saturated heterocycles. The van der Waals surface area contributed by atoms with Crippen molar-refractivity contribution in [2.75, 3.05) is 5.32 Å². The van der Waals surface area contributed by atoms with Crippen LogP contribution in [0.3, 0.4) is 0 Å². The minimum atomic E-state index is -0.739. The van der Waals surface area contributed by atoms with Gasteiger partial charge in [-0.05, 0) is 60.2 Å². The highest BCUT2D eigenvalue weighted by atomic mass is 16.3. The smallest absolute Gasteiger partial charge is 0.247 e. The number of anilines is 1. The Hall–Kier alpha value is -3.60. The van der Waals surface area contributed by atoms with E-state index in [9.17, 15) is 14.7 Å². The molecule has 2 amide bonds. The van der Waals surface area contributed by atoms with E-state index in [2.05, 4.69) is 36.6 Å². The highest BCUT2D eigenvalue weighted by Crippen LogP contribution is 2.19. The van der Waals surface area contributed by atoms with E-state index in [1.807, 2.05) is 49.4 Å². The fraction of sp³-hybridized carbons (Fsp3) is 0.286. The van der Waals surface area contributed by atoms with E-state index in [0.717, 1.165) is 17.5 Å². The lowest BCUT2D eigenvalue weighted by Crippen LogP contribution is -2.46. The summed E-state index contributed by atoms with van der Waals surface area (Å²) < 4.78 is 0. The molecule has 0 fully saturated rings. The zero-order chi connectivity index (χ0) is 23.8. The van der Waals surface area contributed by atoms with E-state index in [1.165, 1.54) is 17.7 Å². The summed E-state index contributed by atoms with van der Waals surface area (Å²) in [6, 6.07) is 23.2. The molecule has 5 nitrogen and oxygen atoms in total. The predicted octanol–water partition coefficient (Wildman–Crippen LogP) is 5.06. The summed E-state index contributed by atoms with van der Waals surface area (Å²) in [6.45, 7) is 6.21. The number of hydrogen-bond donors (Lipinski definition) is 3. The zero-order valence-electron chi connectivity index (χ0n) is 19.4. The van der Waals surface area contributed by atoms with Crippen LogP contribution in [-0.2, 0) is 22.4 Å². The fourth-order valence-corrected chi connectivity index (χ4v) is 3.70. The highest BCUT2D eigenvalue weighted by molar-refractivity contribution is 5.98. The Kier molecular flexibility index (Phi) is 8.25. The summed E-state index contributed by atoms with van der Waals surface area (Å²) in [7, 11) is 0. The summed E-state index contributed by atoms with van der Waals surface area (Å²) >= 11 is 0. The Morgan fingerprint density at radius 1 is 0.758 bits per heavy atom. The number of phenols is 1. The molecule has 2 unspecified atom stereocenters. The molecule has 5 heteroatoms. The van der Waals surface area contributed by atoms with Gasteiger partial charge in [-0.2, -0.15) is 0 Å². The topological polar surface area (TPSA) is 78.4 Å². The van der Waals surface area contributed by atoms with Gasteiger partial charge in [0, 0.05) is 12.1 Å². The molecule has 0 spiro atoms. The van der Waals surface area contributed by atoms with Crippen molar-refractivity contribution in [2.45, 2.75) is 45.6 Å². The lowest BCUT2D eigenvalue weighted by Gasteiger charge is -2.21. The average Bonchev–Trinajstić information content (AvgIpc) is 2.80. The maximum Gasteiger partial charge on any atom is 0.247 e. The Morgan fingerprint density at radius 3 is 1.97 bits per heavy atom. The maximum absolute atomic E-state index is 13.1. The molecule has 0 radical (unpaired) electrons. The largest absolute Gasteiger partial charge is 0.508 e. The van der Waals surface area contributed by atoms with E-state index in [4.69, 9.17) is 0 Å². The highest BCUT2D eigenvalue weighted by Gasteiger charge is 2.25. The number of nitrogens with one attached hydrogen (secondary N) is 2. The molecule has 33 heavy (non-hydrogen) atoms. The molecule has 3 aromatic rings. The molecular formula is C28H32N2O3. The van der Waals surface area contributed by atoms with Crippen molar-refractivity contribution in [2.24, 2.45) is 5.92 Å². The van der Waals surface area contributed by atoms with Gasteiger partial charge in [-0.1, -0.05) is 68.4 Å². The van der Waals surface area contributed by atoms with Crippen molar-refractivity contribution in [3.63, 3.8) is 0 Å². The molecule has 3 rings (SSSR count). The second-order valence-electron chi connectivity index (χ2n) is 8.85. The molecule has 0 aromatic heterocycles. The Balaban J connectivity index is 1.73. The van der Waals surface area contributed by atoms with Gasteiger partial charge in [0.1, 0.15) is 11.8 Å². The Morgan fingerprint density at radius 2 is 1.36 bits per heavy atom. The number of amides is 2. The van der Waals surface area contributed by atoms with Gasteiger partial charge in [0.25, 0.3) is 0 Å². The van der Waals surface area contributed by atoms with Crippen LogP contribution >= 0.6 is 0 Å². The molecule has 0 aliphatic rings. The molecule has 0 aliphatic carbocycles. The van der Waals surface area contributed by atoms with Crippen LogP contribution < -0.4 is 10.6 Å². The van der Waals surface area contributed by atoms with E-state index >= 15 is 0 Å². The molecule has 0 heterocycles. The Labute approximate surface area is 195 Å². The van der Waals surface area contributed by atoms with Crippen LogP contribution in [0.2, 0.25) is 0 Å². The fourth-order valence-electron chi connectivity index (χ4n) is 3.70. The van der Waals surface area contributed by atoms with Gasteiger partial charge in [0.15, 0.2) is 0 Å². The van der Waals surface area contributed by atoms with Crippen molar-refractivity contribution >= 4 is 17.5 Å². The van der Waals surface area contributed by atoms with E-state index in [-0.39, 0.29) is 17.6 Å². The van der Waals surface area contributed by atoms with Crippen LogP contribution in [0.4, 0.5) is 5.69 Å². The van der Waals surface area contributed by atoms with Gasteiger partial charge in [0.2, 0.25) is 11.8 Å². The number of carbonyl (C=O) groups excluding carboxylic acids is 2. The first-order valence-electron chi connectivity index (χ1n) is 11.3. The lowest BCUT2D eigenvalue weighted by molar-refractivity contribution is -0.127. The summed E-state index contributed by atoms with van der Waals surface area (Å²) in [5, 5.41) is 15.2. The monoisotopic (exact) mass is 444 g/mol. The van der Waals surface area contributed by atoms with Gasteiger partial charge in [-0.3, -0.25) is 9.59 Å². The van der Waals surface area contributed by atoms with Crippen molar-refractivity contribution in [1.82, 2.24) is 5.32 Å². The zero-order valence-corrected chi connectivity index (χ0v) is 19.4. The molecule has 2 atom stereocenters. The second-order valence-corrected chi connectivity index (χ2v) is 8.85. The van der Waals surface area contributed by atoms with Crippen LogP contribution in [0.5, 0.6) is 5.75 Å². The number of rotatable bonds is 9. The molecule has 3 N–H and O–H groups in total. The minimum Gasteiger partial charge on any atom is -0.508 e. The molecule has 0 saturated carbocycles. The van der Waals surface area contributed by atoms with Crippen LogP contribution in [0.1, 0.15) is 43.4 Å². The van der Waals surface area contributed by atoms with Crippen molar-refractivity contribution < 1.29 is 14.7 Å². The molecular weight excluding hydrogens is 412 g/mol. The van der Waals surface area contributed by atoms with Gasteiger partial charge < -0.3 is 15.7 Å². The van der Waals surface area contributed by atoms with Gasteiger partial charge in [-0.15, -0.1) is 0 Å². The number of benzene rings is 3. The summed E-state index contributed by atoms with van der Waals surface area (Å²) in [6.07, 6.45) is 1.37. The third-order valence-electron chi connectivity index (χ3n) is 5.57. The molecule has 3 aromatic carbocycles. The van der Waals surface area contributed by atoms with Crippen molar-refractivity contribution in [1.29, 1.82) is 0 Å². The third kappa shape index (κ3) is 7.21. The third-order valence-corrected chi connectivity index (χ3v) is 5.57. The second kappa shape index (κ2) is 11.3. The van der Waals surface area contributed by atoms with E-state index in [0.29, 0.717) is 18.0 Å². The first kappa shape index (κ1) is 24.1. The van der Waals surface area contributed by atoms with Crippen LogP contribution in [0.15, 0.2) is 78.9 Å². The molecule has 0 bridgehead atoms. The van der Waals surface area contributed by atoms with Gasteiger partial charge in [-0.25, -0.2) is 0 Å². The number of aromatic hydroxyl groups is 1. The number of phenolic OH excluding ortho intramolecular Hbond substituents is 1. The Bertz CT molecular complexity index is 1040. The van der Waals surface area contributed by atoms with Crippen LogP contribution in [0.25, 0.3) is 0 Å². The van der Waals surface area contributed by atoms with Crippen LogP contribution in [-0.4, -0.2) is 23.0 Å². The number of hydrogen-bond acceptors (Lipinski definition) is 3. The van der Waals surface area contributed by atoms with Gasteiger partial charge in [0.05, 0.1) is 5.92 Å². The minimum absolute atomic E-state index is 0.121. The molecule has 0 aliphatic heterocycles. The van der Waals surface area contributed by atoms with Crippen LogP contribution in [0, 0.1) is 5.92 Å². The van der Waals surface area contributed by atoms with Crippen molar-refractivity contribution in [3.05, 3.63) is 95.6 Å². The normalized spacial score (nSPS) is 12.7. The summed E-state index contributed by atoms with van der Waals surface area (Å²) in [5.41, 5.74) is 3.67. The lowest BCUT2D eigenvalue weighted by atomic mass is 9.95. The summed E-state index contributed by atoms with van der Waals surface area (Å²) in [5.74, 6) is -0.207. The first-order valence-corrected chi connectivity index (χ1v) is 11.3. The predicted molar refractivity (Wildman–Crippen MR) is 132 cm³/mol. The average molecular weight is 445 g/mol.